The van der Waals surface area contributed by atoms with Gasteiger partial charge in [-0.2, -0.15) is 0 Å². The monoisotopic (exact) mass is 249 g/mol. The number of carboxylic acids is 1. The second-order valence-electron chi connectivity index (χ2n) is 4.23. The van der Waals surface area contributed by atoms with Crippen molar-refractivity contribution in [1.82, 2.24) is 4.90 Å². The Bertz CT molecular complexity index is 472. The standard InChI is InChI=1S/C13H15NO4/c1-18-11-5-3-2-4-9(11)8-14-10(13(16)17)6-7-12(14)15/h2-5,10H,6-8H2,1H3,(H,16,17). The van der Waals surface area contributed by atoms with Crippen molar-refractivity contribution >= 4 is 11.9 Å². The van der Waals surface area contributed by atoms with E-state index < -0.39 is 12.0 Å². The first kappa shape index (κ1) is 12.4. The first-order valence-corrected chi connectivity index (χ1v) is 5.77. The highest BCUT2D eigenvalue weighted by Crippen LogP contribution is 2.25. The molecule has 0 aliphatic carbocycles. The Balaban J connectivity index is 2.21. The third-order valence-electron chi connectivity index (χ3n) is 3.15. The number of aliphatic carboxylic acids is 1. The number of carbonyl (C=O) groups excluding carboxylic acids is 1. The first-order chi connectivity index (χ1) is 8.63. The maximum atomic E-state index is 11.7. The van der Waals surface area contributed by atoms with Crippen molar-refractivity contribution in [3.63, 3.8) is 0 Å². The zero-order chi connectivity index (χ0) is 13.1. The molecule has 1 aliphatic heterocycles. The van der Waals surface area contributed by atoms with E-state index in [0.717, 1.165) is 5.56 Å². The molecule has 0 spiro atoms. The van der Waals surface area contributed by atoms with E-state index in [-0.39, 0.29) is 12.5 Å². The van der Waals surface area contributed by atoms with Gasteiger partial charge in [0.25, 0.3) is 0 Å². The molecule has 0 radical (unpaired) electrons. The molecule has 2 rings (SSSR count). The summed E-state index contributed by atoms with van der Waals surface area (Å²) in [5.74, 6) is -0.398. The predicted octanol–water partition coefficient (Wildman–Crippen LogP) is 1.27. The molecule has 1 fully saturated rings. The Morgan fingerprint density at radius 3 is 2.89 bits per heavy atom. The molecule has 1 N–H and O–H groups in total. The minimum Gasteiger partial charge on any atom is -0.496 e. The van der Waals surface area contributed by atoms with Gasteiger partial charge in [-0.15, -0.1) is 0 Å². The van der Waals surface area contributed by atoms with Crippen molar-refractivity contribution < 1.29 is 19.4 Å². The third-order valence-corrected chi connectivity index (χ3v) is 3.15. The van der Waals surface area contributed by atoms with Gasteiger partial charge in [0.1, 0.15) is 11.8 Å². The average molecular weight is 249 g/mol. The molecule has 18 heavy (non-hydrogen) atoms. The topological polar surface area (TPSA) is 66.8 Å². The number of para-hydroxylation sites is 1. The molecule has 1 heterocycles. The number of carboxylic acid groups (broad SMARTS) is 1. The highest BCUT2D eigenvalue weighted by Gasteiger charge is 2.36. The number of methoxy groups -OCH3 is 1. The number of ether oxygens (including phenoxy) is 1. The maximum absolute atomic E-state index is 11.7. The Morgan fingerprint density at radius 2 is 2.22 bits per heavy atom. The first-order valence-electron chi connectivity index (χ1n) is 5.77. The van der Waals surface area contributed by atoms with Crippen LogP contribution in [-0.4, -0.2) is 35.0 Å². The molecule has 0 saturated carbocycles. The molecule has 1 saturated heterocycles. The van der Waals surface area contributed by atoms with Crippen molar-refractivity contribution in [2.75, 3.05) is 7.11 Å². The second kappa shape index (κ2) is 5.08. The molecule has 96 valence electrons. The molecule has 1 aromatic carbocycles. The molecule has 0 bridgehead atoms. The number of rotatable bonds is 4. The van der Waals surface area contributed by atoms with E-state index in [0.29, 0.717) is 18.6 Å². The third kappa shape index (κ3) is 2.30. The van der Waals surface area contributed by atoms with Crippen LogP contribution < -0.4 is 4.74 Å². The van der Waals surface area contributed by atoms with E-state index in [1.165, 1.54) is 4.90 Å². The molecular weight excluding hydrogens is 234 g/mol. The van der Waals surface area contributed by atoms with Crippen LogP contribution in [0.4, 0.5) is 0 Å². The molecule has 0 aromatic heterocycles. The highest BCUT2D eigenvalue weighted by atomic mass is 16.5. The highest BCUT2D eigenvalue weighted by molar-refractivity contribution is 5.87. The van der Waals surface area contributed by atoms with Crippen LogP contribution in [0.3, 0.4) is 0 Å². The lowest BCUT2D eigenvalue weighted by Gasteiger charge is -2.22. The number of nitrogens with zero attached hydrogens (tertiary/aromatic N) is 1. The maximum Gasteiger partial charge on any atom is 0.326 e. The van der Waals surface area contributed by atoms with Crippen LogP contribution in [-0.2, 0) is 16.1 Å². The zero-order valence-corrected chi connectivity index (χ0v) is 10.1. The molecule has 5 heteroatoms. The van der Waals surface area contributed by atoms with Gasteiger partial charge in [-0.05, 0) is 12.5 Å². The summed E-state index contributed by atoms with van der Waals surface area (Å²) in [5.41, 5.74) is 0.821. The van der Waals surface area contributed by atoms with Gasteiger partial charge in [0.05, 0.1) is 13.7 Å². The van der Waals surface area contributed by atoms with Crippen LogP contribution in [0.1, 0.15) is 18.4 Å². The van der Waals surface area contributed by atoms with Gasteiger partial charge >= 0.3 is 5.97 Å². The lowest BCUT2D eigenvalue weighted by atomic mass is 10.1. The van der Waals surface area contributed by atoms with Crippen molar-refractivity contribution in [2.45, 2.75) is 25.4 Å². The summed E-state index contributed by atoms with van der Waals surface area (Å²) >= 11 is 0. The average Bonchev–Trinajstić information content (AvgIpc) is 2.72. The molecule has 1 atom stereocenters. The summed E-state index contributed by atoms with van der Waals surface area (Å²) in [7, 11) is 1.55. The van der Waals surface area contributed by atoms with Crippen molar-refractivity contribution in [1.29, 1.82) is 0 Å². The summed E-state index contributed by atoms with van der Waals surface area (Å²) in [4.78, 5) is 24.2. The van der Waals surface area contributed by atoms with Crippen LogP contribution >= 0.6 is 0 Å². The molecule has 1 aromatic rings. The number of hydrogen-bond acceptors (Lipinski definition) is 3. The van der Waals surface area contributed by atoms with E-state index in [1.54, 1.807) is 13.2 Å². The van der Waals surface area contributed by atoms with Crippen LogP contribution in [0.15, 0.2) is 24.3 Å². The molecule has 5 nitrogen and oxygen atoms in total. The van der Waals surface area contributed by atoms with E-state index >= 15 is 0 Å². The Morgan fingerprint density at radius 1 is 1.50 bits per heavy atom. The van der Waals surface area contributed by atoms with E-state index in [9.17, 15) is 9.59 Å². The summed E-state index contributed by atoms with van der Waals surface area (Å²) in [6.07, 6.45) is 0.676. The van der Waals surface area contributed by atoms with Crippen LogP contribution in [0.5, 0.6) is 5.75 Å². The number of likely N-dealkylation sites (tertiary alicyclic amines) is 1. The van der Waals surface area contributed by atoms with Crippen molar-refractivity contribution in [3.05, 3.63) is 29.8 Å². The van der Waals surface area contributed by atoms with E-state index in [4.69, 9.17) is 9.84 Å². The van der Waals surface area contributed by atoms with Gasteiger partial charge in [0, 0.05) is 12.0 Å². The lowest BCUT2D eigenvalue weighted by molar-refractivity contribution is -0.146. The largest absolute Gasteiger partial charge is 0.496 e. The number of hydrogen-bond donors (Lipinski definition) is 1. The second-order valence-corrected chi connectivity index (χ2v) is 4.23. The fourth-order valence-electron chi connectivity index (χ4n) is 2.21. The zero-order valence-electron chi connectivity index (χ0n) is 10.1. The molecule has 1 unspecified atom stereocenters. The van der Waals surface area contributed by atoms with Crippen molar-refractivity contribution in [2.24, 2.45) is 0 Å². The van der Waals surface area contributed by atoms with Gasteiger partial charge in [-0.3, -0.25) is 4.79 Å². The summed E-state index contributed by atoms with van der Waals surface area (Å²) < 4.78 is 5.20. The van der Waals surface area contributed by atoms with Crippen LogP contribution in [0.25, 0.3) is 0 Å². The van der Waals surface area contributed by atoms with Crippen LogP contribution in [0.2, 0.25) is 0 Å². The van der Waals surface area contributed by atoms with Crippen LogP contribution in [0, 0.1) is 0 Å². The normalized spacial score (nSPS) is 19.1. The van der Waals surface area contributed by atoms with Gasteiger partial charge in [0.15, 0.2) is 0 Å². The lowest BCUT2D eigenvalue weighted by Crippen LogP contribution is -2.37. The quantitative estimate of drug-likeness (QED) is 0.872. The predicted molar refractivity (Wildman–Crippen MR) is 64.2 cm³/mol. The van der Waals surface area contributed by atoms with Gasteiger partial charge < -0.3 is 14.7 Å². The number of amides is 1. The number of benzene rings is 1. The Labute approximate surface area is 105 Å². The molecular formula is C13H15NO4. The molecule has 1 amide bonds. The summed E-state index contributed by atoms with van der Waals surface area (Å²) in [5, 5.41) is 9.08. The fourth-order valence-corrected chi connectivity index (χ4v) is 2.21. The fraction of sp³-hybridized carbons (Fsp3) is 0.385. The van der Waals surface area contributed by atoms with Gasteiger partial charge in [-0.25, -0.2) is 4.79 Å². The van der Waals surface area contributed by atoms with Crippen molar-refractivity contribution in [3.8, 4) is 5.75 Å². The van der Waals surface area contributed by atoms with Gasteiger partial charge in [0.2, 0.25) is 5.91 Å². The number of carbonyl (C=O) groups is 2. The Kier molecular flexibility index (Phi) is 3.50. The van der Waals surface area contributed by atoms with E-state index in [2.05, 4.69) is 0 Å². The minimum absolute atomic E-state index is 0.117. The Hall–Kier alpha value is -2.04. The van der Waals surface area contributed by atoms with Gasteiger partial charge in [-0.1, -0.05) is 18.2 Å². The molecule has 1 aliphatic rings. The summed E-state index contributed by atoms with van der Waals surface area (Å²) in [6.45, 7) is 0.278. The minimum atomic E-state index is -0.948. The van der Waals surface area contributed by atoms with E-state index in [1.807, 2.05) is 18.2 Å². The SMILES string of the molecule is COc1ccccc1CN1C(=O)CCC1C(=O)O. The summed E-state index contributed by atoms with van der Waals surface area (Å²) in [6, 6.07) is 6.59. The smallest absolute Gasteiger partial charge is 0.326 e.